The second-order valence-corrected chi connectivity index (χ2v) is 5.74. The Morgan fingerprint density at radius 2 is 1.96 bits per heavy atom. The zero-order chi connectivity index (χ0) is 18.8. The number of nitro benzene ring substituents is 1. The Labute approximate surface area is 147 Å². The molecule has 0 saturated heterocycles. The number of rotatable bonds is 9. The maximum Gasteiger partial charge on any atom is 0.310 e. The van der Waals surface area contributed by atoms with Crippen LogP contribution in [0.15, 0.2) is 30.3 Å². The average molecular weight is 348 g/mol. The molecule has 0 radical (unpaired) electrons. The van der Waals surface area contributed by atoms with Crippen LogP contribution in [0.3, 0.4) is 0 Å². The minimum Gasteiger partial charge on any atom is -0.469 e. The molecule has 0 aliphatic rings. The van der Waals surface area contributed by atoms with E-state index in [1.54, 1.807) is 30.0 Å². The Kier molecular flexibility index (Phi) is 8.32. The maximum atomic E-state index is 12.4. The number of hydrogen-bond acceptors (Lipinski definition) is 5. The lowest BCUT2D eigenvalue weighted by atomic mass is 10.1. The molecule has 0 aliphatic carbocycles. The van der Waals surface area contributed by atoms with Gasteiger partial charge in [0.15, 0.2) is 0 Å². The molecule has 1 amide bonds. The summed E-state index contributed by atoms with van der Waals surface area (Å²) in [6.45, 7) is 4.59. The highest BCUT2D eigenvalue weighted by atomic mass is 16.6. The van der Waals surface area contributed by atoms with Crippen LogP contribution < -0.4 is 0 Å². The molecule has 7 nitrogen and oxygen atoms in total. The topological polar surface area (TPSA) is 89.8 Å². The fourth-order valence-electron chi connectivity index (χ4n) is 2.23. The normalized spacial score (nSPS) is 12.0. The lowest BCUT2D eigenvalue weighted by Gasteiger charge is -2.23. The molecule has 0 N–H and O–H groups in total. The van der Waals surface area contributed by atoms with Crippen molar-refractivity contribution in [2.45, 2.75) is 26.7 Å². The Morgan fingerprint density at radius 3 is 2.48 bits per heavy atom. The molecule has 1 atom stereocenters. The summed E-state index contributed by atoms with van der Waals surface area (Å²) in [6, 6.07) is 5.93. The Hall–Kier alpha value is -2.70. The first-order chi connectivity index (χ1) is 11.9. The van der Waals surface area contributed by atoms with Crippen LogP contribution in [0, 0.1) is 16.0 Å². The van der Waals surface area contributed by atoms with E-state index >= 15 is 0 Å². The summed E-state index contributed by atoms with van der Waals surface area (Å²) in [4.78, 5) is 35.8. The van der Waals surface area contributed by atoms with Gasteiger partial charge in [-0.05, 0) is 30.2 Å². The van der Waals surface area contributed by atoms with Gasteiger partial charge in [-0.1, -0.05) is 20.3 Å². The third-order valence-corrected chi connectivity index (χ3v) is 3.71. The molecule has 1 aromatic carbocycles. The number of unbranched alkanes of at least 4 members (excludes halogenated alkanes) is 1. The molecule has 0 spiro atoms. The summed E-state index contributed by atoms with van der Waals surface area (Å²) in [6.07, 6.45) is 4.79. The van der Waals surface area contributed by atoms with Crippen molar-refractivity contribution in [3.05, 3.63) is 46.0 Å². The van der Waals surface area contributed by atoms with Crippen molar-refractivity contribution in [3.63, 3.8) is 0 Å². The number of benzene rings is 1. The van der Waals surface area contributed by atoms with Crippen LogP contribution >= 0.6 is 0 Å². The van der Waals surface area contributed by atoms with E-state index in [0.29, 0.717) is 12.1 Å². The van der Waals surface area contributed by atoms with Crippen LogP contribution in [0.4, 0.5) is 5.69 Å². The third kappa shape index (κ3) is 6.74. The van der Waals surface area contributed by atoms with Gasteiger partial charge in [-0.25, -0.2) is 0 Å². The number of non-ortho nitro benzene ring substituents is 1. The summed E-state index contributed by atoms with van der Waals surface area (Å²) >= 11 is 0. The predicted octanol–water partition coefficient (Wildman–Crippen LogP) is 3.05. The van der Waals surface area contributed by atoms with Gasteiger partial charge < -0.3 is 9.64 Å². The number of ether oxygens (including phenoxy) is 1. The molecular formula is C18H24N2O5. The molecule has 7 heteroatoms. The van der Waals surface area contributed by atoms with E-state index in [0.717, 1.165) is 12.8 Å². The summed E-state index contributed by atoms with van der Waals surface area (Å²) in [5, 5.41) is 10.6. The van der Waals surface area contributed by atoms with E-state index in [4.69, 9.17) is 4.74 Å². The minimum atomic E-state index is -0.473. The van der Waals surface area contributed by atoms with Gasteiger partial charge in [-0.3, -0.25) is 19.7 Å². The van der Waals surface area contributed by atoms with Crippen LogP contribution in [0.1, 0.15) is 32.3 Å². The van der Waals surface area contributed by atoms with Crippen LogP contribution in [-0.2, 0) is 14.3 Å². The average Bonchev–Trinajstić information content (AvgIpc) is 2.62. The van der Waals surface area contributed by atoms with Crippen molar-refractivity contribution >= 4 is 23.6 Å². The molecule has 0 aliphatic heterocycles. The number of carbonyl (C=O) groups is 2. The van der Waals surface area contributed by atoms with E-state index in [9.17, 15) is 19.7 Å². The van der Waals surface area contributed by atoms with Crippen LogP contribution in [0.25, 0.3) is 6.08 Å². The van der Waals surface area contributed by atoms with Crippen molar-refractivity contribution in [1.82, 2.24) is 4.90 Å². The third-order valence-electron chi connectivity index (χ3n) is 3.71. The standard InChI is InChI=1S/C18H24N2O5/c1-4-5-12-19(13-14(2)18(22)25-3)17(21)11-8-15-6-9-16(10-7-15)20(23)24/h6-11,14H,4-5,12-13H2,1-3H3/b11-8+. The molecular weight excluding hydrogens is 324 g/mol. The number of esters is 1. The minimum absolute atomic E-state index is 0.0000448. The maximum absolute atomic E-state index is 12.4. The predicted molar refractivity (Wildman–Crippen MR) is 94.8 cm³/mol. The highest BCUT2D eigenvalue weighted by Gasteiger charge is 2.19. The molecule has 0 bridgehead atoms. The molecule has 0 heterocycles. The van der Waals surface area contributed by atoms with Gasteiger partial charge >= 0.3 is 5.97 Å². The molecule has 136 valence electrons. The molecule has 0 saturated carbocycles. The fourth-order valence-corrected chi connectivity index (χ4v) is 2.23. The van der Waals surface area contributed by atoms with Crippen molar-refractivity contribution < 1.29 is 19.2 Å². The van der Waals surface area contributed by atoms with Gasteiger partial charge in [0.1, 0.15) is 0 Å². The Balaban J connectivity index is 2.78. The van der Waals surface area contributed by atoms with Crippen LogP contribution in [-0.4, -0.2) is 41.9 Å². The number of nitro groups is 1. The quantitative estimate of drug-likeness (QED) is 0.296. The van der Waals surface area contributed by atoms with Crippen LogP contribution in [0.2, 0.25) is 0 Å². The molecule has 1 rings (SSSR count). The lowest BCUT2D eigenvalue weighted by molar-refractivity contribution is -0.384. The lowest BCUT2D eigenvalue weighted by Crippen LogP contribution is -2.37. The van der Waals surface area contributed by atoms with E-state index in [1.165, 1.54) is 25.3 Å². The molecule has 0 aromatic heterocycles. The molecule has 25 heavy (non-hydrogen) atoms. The molecule has 1 unspecified atom stereocenters. The zero-order valence-electron chi connectivity index (χ0n) is 14.8. The molecule has 0 fully saturated rings. The van der Waals surface area contributed by atoms with Gasteiger partial charge in [-0.2, -0.15) is 0 Å². The van der Waals surface area contributed by atoms with E-state index < -0.39 is 10.8 Å². The number of hydrogen-bond donors (Lipinski definition) is 0. The fraction of sp³-hybridized carbons (Fsp3) is 0.444. The zero-order valence-corrected chi connectivity index (χ0v) is 14.8. The monoisotopic (exact) mass is 348 g/mol. The Morgan fingerprint density at radius 1 is 1.32 bits per heavy atom. The summed E-state index contributed by atoms with van der Waals surface area (Å²) in [5.74, 6) is -0.963. The van der Waals surface area contributed by atoms with Gasteiger partial charge in [-0.15, -0.1) is 0 Å². The smallest absolute Gasteiger partial charge is 0.310 e. The van der Waals surface area contributed by atoms with Crippen molar-refractivity contribution in [2.24, 2.45) is 5.92 Å². The van der Waals surface area contributed by atoms with Crippen molar-refractivity contribution in [3.8, 4) is 0 Å². The van der Waals surface area contributed by atoms with Crippen LogP contribution in [0.5, 0.6) is 0 Å². The summed E-state index contributed by atoms with van der Waals surface area (Å²) in [7, 11) is 1.32. The van der Waals surface area contributed by atoms with E-state index in [2.05, 4.69) is 0 Å². The molecule has 1 aromatic rings. The van der Waals surface area contributed by atoms with E-state index in [1.807, 2.05) is 6.92 Å². The summed E-state index contributed by atoms with van der Waals surface area (Å²) in [5.41, 5.74) is 0.690. The highest BCUT2D eigenvalue weighted by Crippen LogP contribution is 2.13. The van der Waals surface area contributed by atoms with Crippen molar-refractivity contribution in [1.29, 1.82) is 0 Å². The second-order valence-electron chi connectivity index (χ2n) is 5.74. The van der Waals surface area contributed by atoms with Gasteiger partial charge in [0.05, 0.1) is 18.0 Å². The van der Waals surface area contributed by atoms with Gasteiger partial charge in [0, 0.05) is 31.3 Å². The first-order valence-electron chi connectivity index (χ1n) is 8.18. The first kappa shape index (κ1) is 20.3. The summed E-state index contributed by atoms with van der Waals surface area (Å²) < 4.78 is 4.71. The SMILES string of the molecule is CCCCN(CC(C)C(=O)OC)C(=O)/C=C/c1ccc([N+](=O)[O-])cc1. The largest absolute Gasteiger partial charge is 0.469 e. The first-order valence-corrected chi connectivity index (χ1v) is 8.18. The number of amides is 1. The second kappa shape index (κ2) is 10.2. The van der Waals surface area contributed by atoms with Gasteiger partial charge in [0.25, 0.3) is 5.69 Å². The number of carbonyl (C=O) groups excluding carboxylic acids is 2. The Bertz CT molecular complexity index is 625. The number of methoxy groups -OCH3 is 1. The van der Waals surface area contributed by atoms with Crippen molar-refractivity contribution in [2.75, 3.05) is 20.2 Å². The van der Waals surface area contributed by atoms with Gasteiger partial charge in [0.2, 0.25) is 5.91 Å². The number of nitrogens with zero attached hydrogens (tertiary/aromatic N) is 2. The van der Waals surface area contributed by atoms with E-state index in [-0.39, 0.29) is 24.1 Å². The highest BCUT2D eigenvalue weighted by molar-refractivity contribution is 5.92.